The predicted molar refractivity (Wildman–Crippen MR) is 112 cm³/mol. The first-order chi connectivity index (χ1) is 14.2. The van der Waals surface area contributed by atoms with Crippen LogP contribution in [0.5, 0.6) is 0 Å². The molecule has 30 heavy (non-hydrogen) atoms. The van der Waals surface area contributed by atoms with Crippen molar-refractivity contribution in [1.82, 2.24) is 14.1 Å². The van der Waals surface area contributed by atoms with Gasteiger partial charge in [-0.2, -0.15) is 4.31 Å². The summed E-state index contributed by atoms with van der Waals surface area (Å²) in [6, 6.07) is 2.98. The average molecular weight is 460 g/mol. The third kappa shape index (κ3) is 4.95. The van der Waals surface area contributed by atoms with Crippen LogP contribution in [0.25, 0.3) is 0 Å². The molecule has 1 aromatic rings. The molecular formula is C20H27ClFN3O4S. The summed E-state index contributed by atoms with van der Waals surface area (Å²) in [4.78, 5) is 29.0. The molecule has 2 fully saturated rings. The van der Waals surface area contributed by atoms with E-state index in [1.807, 2.05) is 6.92 Å². The van der Waals surface area contributed by atoms with Crippen molar-refractivity contribution in [3.8, 4) is 0 Å². The normalized spacial score (nSPS) is 21.0. The molecule has 0 spiro atoms. The molecule has 0 bridgehead atoms. The number of amides is 2. The average Bonchev–Trinajstić information content (AvgIpc) is 2.73. The van der Waals surface area contributed by atoms with Gasteiger partial charge in [0.1, 0.15) is 11.9 Å². The fourth-order valence-electron chi connectivity index (χ4n) is 4.03. The molecule has 2 aliphatic heterocycles. The summed E-state index contributed by atoms with van der Waals surface area (Å²) in [5.41, 5.74) is 0.224. The Morgan fingerprint density at radius 2 is 1.77 bits per heavy atom. The summed E-state index contributed by atoms with van der Waals surface area (Å²) < 4.78 is 39.8. The van der Waals surface area contributed by atoms with Gasteiger partial charge in [-0.15, -0.1) is 0 Å². The predicted octanol–water partition coefficient (Wildman–Crippen LogP) is 2.36. The Bertz CT molecular complexity index is 903. The number of nitrogens with zero attached hydrogens (tertiary/aromatic N) is 3. The summed E-state index contributed by atoms with van der Waals surface area (Å²) in [6.07, 6.45) is 2.60. The molecule has 0 N–H and O–H groups in total. The van der Waals surface area contributed by atoms with E-state index in [-0.39, 0.29) is 28.2 Å². The maximum atomic E-state index is 13.2. The zero-order chi connectivity index (χ0) is 21.9. The van der Waals surface area contributed by atoms with Crippen molar-refractivity contribution in [3.05, 3.63) is 34.6 Å². The lowest BCUT2D eigenvalue weighted by atomic mass is 10.0. The summed E-state index contributed by atoms with van der Waals surface area (Å²) in [5.74, 6) is -0.974. The van der Waals surface area contributed by atoms with Gasteiger partial charge in [-0.1, -0.05) is 24.9 Å². The van der Waals surface area contributed by atoms with Crippen molar-refractivity contribution in [2.75, 3.05) is 38.5 Å². The molecule has 10 heteroatoms. The minimum absolute atomic E-state index is 0.0392. The van der Waals surface area contributed by atoms with Gasteiger partial charge in [0, 0.05) is 32.7 Å². The van der Waals surface area contributed by atoms with Crippen molar-refractivity contribution in [2.24, 2.45) is 0 Å². The third-order valence-corrected chi connectivity index (χ3v) is 7.99. The van der Waals surface area contributed by atoms with E-state index >= 15 is 0 Å². The number of carbonyl (C=O) groups is 2. The zero-order valence-corrected chi connectivity index (χ0v) is 18.6. The second-order valence-electron chi connectivity index (χ2n) is 7.68. The van der Waals surface area contributed by atoms with Crippen LogP contribution in [0.4, 0.5) is 4.39 Å². The summed E-state index contributed by atoms with van der Waals surface area (Å²) >= 11 is 5.99. The Balaban J connectivity index is 1.65. The van der Waals surface area contributed by atoms with Gasteiger partial charge in [-0.3, -0.25) is 9.59 Å². The van der Waals surface area contributed by atoms with Crippen LogP contribution in [0.15, 0.2) is 18.2 Å². The number of hydrogen-bond donors (Lipinski definition) is 0. The molecule has 0 aromatic heterocycles. The molecule has 2 heterocycles. The highest BCUT2D eigenvalue weighted by molar-refractivity contribution is 7.89. The van der Waals surface area contributed by atoms with E-state index in [9.17, 15) is 22.4 Å². The molecule has 3 rings (SSSR count). The number of rotatable bonds is 5. The van der Waals surface area contributed by atoms with Crippen molar-refractivity contribution < 1.29 is 22.4 Å². The van der Waals surface area contributed by atoms with Crippen LogP contribution in [0.2, 0.25) is 5.02 Å². The van der Waals surface area contributed by atoms with Gasteiger partial charge >= 0.3 is 0 Å². The topological polar surface area (TPSA) is 78.0 Å². The van der Waals surface area contributed by atoms with Gasteiger partial charge in [0.25, 0.3) is 5.91 Å². The Hall–Kier alpha value is -1.71. The minimum atomic E-state index is -3.46. The fourth-order valence-corrected chi connectivity index (χ4v) is 6.02. The Kier molecular flexibility index (Phi) is 7.36. The molecule has 2 aliphatic rings. The first-order valence-corrected chi connectivity index (χ1v) is 12.3. The third-order valence-electron chi connectivity index (χ3n) is 5.60. The molecule has 1 aromatic carbocycles. The molecule has 0 aliphatic carbocycles. The van der Waals surface area contributed by atoms with Crippen LogP contribution >= 0.6 is 11.6 Å². The first kappa shape index (κ1) is 23.0. The highest BCUT2D eigenvalue weighted by atomic mass is 35.5. The number of sulfonamides is 1. The molecule has 0 radical (unpaired) electrons. The Morgan fingerprint density at radius 3 is 2.40 bits per heavy atom. The number of piperazine rings is 1. The quantitative estimate of drug-likeness (QED) is 0.677. The van der Waals surface area contributed by atoms with Crippen molar-refractivity contribution in [3.63, 3.8) is 0 Å². The van der Waals surface area contributed by atoms with E-state index in [1.54, 1.807) is 9.80 Å². The fraction of sp³-hybridized carbons (Fsp3) is 0.600. The van der Waals surface area contributed by atoms with Crippen LogP contribution in [0.1, 0.15) is 43.0 Å². The van der Waals surface area contributed by atoms with Crippen LogP contribution in [-0.4, -0.2) is 78.9 Å². The van der Waals surface area contributed by atoms with Gasteiger partial charge < -0.3 is 9.80 Å². The number of hydrogen-bond acceptors (Lipinski definition) is 4. The van der Waals surface area contributed by atoms with Crippen LogP contribution in [-0.2, 0) is 14.8 Å². The second kappa shape index (κ2) is 9.62. The SMILES string of the molecule is CCCS(=O)(=O)N1CCCCC1C(=O)N1CCN(C(=O)c2ccc(F)cc2Cl)CC1. The summed E-state index contributed by atoms with van der Waals surface area (Å²) in [6.45, 7) is 3.45. The Morgan fingerprint density at radius 1 is 1.10 bits per heavy atom. The number of carbonyl (C=O) groups excluding carboxylic acids is 2. The maximum absolute atomic E-state index is 13.2. The van der Waals surface area contributed by atoms with E-state index in [1.165, 1.54) is 16.4 Å². The van der Waals surface area contributed by atoms with Crippen molar-refractivity contribution >= 4 is 33.4 Å². The first-order valence-electron chi connectivity index (χ1n) is 10.3. The second-order valence-corrected chi connectivity index (χ2v) is 10.1. The van der Waals surface area contributed by atoms with E-state index < -0.39 is 21.9 Å². The largest absolute Gasteiger partial charge is 0.338 e. The minimum Gasteiger partial charge on any atom is -0.338 e. The molecule has 0 saturated carbocycles. The summed E-state index contributed by atoms with van der Waals surface area (Å²) in [7, 11) is -3.46. The van der Waals surface area contributed by atoms with Crippen molar-refractivity contribution in [1.29, 1.82) is 0 Å². The zero-order valence-electron chi connectivity index (χ0n) is 17.0. The standard InChI is InChI=1S/C20H27ClFN3O4S/c1-2-13-30(28,29)25-8-4-3-5-18(25)20(27)24-11-9-23(10-12-24)19(26)16-7-6-15(22)14-17(16)21/h6-7,14,18H,2-5,8-13H2,1H3. The van der Waals surface area contributed by atoms with E-state index in [2.05, 4.69) is 0 Å². The van der Waals surface area contributed by atoms with Gasteiger partial charge in [-0.25, -0.2) is 12.8 Å². The Labute approximate surface area is 181 Å². The molecule has 7 nitrogen and oxygen atoms in total. The molecule has 166 valence electrons. The molecule has 1 unspecified atom stereocenters. The van der Waals surface area contributed by atoms with Gasteiger partial charge in [0.2, 0.25) is 15.9 Å². The van der Waals surface area contributed by atoms with Gasteiger partial charge in [0.05, 0.1) is 16.3 Å². The lowest BCUT2D eigenvalue weighted by Crippen LogP contribution is -2.58. The molecule has 1 atom stereocenters. The van der Waals surface area contributed by atoms with E-state index in [0.717, 1.165) is 18.9 Å². The number of halogens is 2. The van der Waals surface area contributed by atoms with E-state index in [4.69, 9.17) is 11.6 Å². The number of piperidine rings is 1. The molecule has 2 saturated heterocycles. The van der Waals surface area contributed by atoms with E-state index in [0.29, 0.717) is 45.6 Å². The highest BCUT2D eigenvalue weighted by Gasteiger charge is 2.39. The molecule has 2 amide bonds. The lowest BCUT2D eigenvalue weighted by molar-refractivity contribution is -0.137. The number of benzene rings is 1. The van der Waals surface area contributed by atoms with Gasteiger partial charge in [-0.05, 0) is 37.5 Å². The summed E-state index contributed by atoms with van der Waals surface area (Å²) in [5, 5.41) is 0.0532. The maximum Gasteiger partial charge on any atom is 0.255 e. The highest BCUT2D eigenvalue weighted by Crippen LogP contribution is 2.24. The van der Waals surface area contributed by atoms with Crippen LogP contribution in [0.3, 0.4) is 0 Å². The van der Waals surface area contributed by atoms with Crippen LogP contribution in [0, 0.1) is 5.82 Å². The van der Waals surface area contributed by atoms with Gasteiger partial charge in [0.15, 0.2) is 0 Å². The monoisotopic (exact) mass is 459 g/mol. The van der Waals surface area contributed by atoms with Crippen LogP contribution < -0.4 is 0 Å². The lowest BCUT2D eigenvalue weighted by Gasteiger charge is -2.40. The molecular weight excluding hydrogens is 433 g/mol. The van der Waals surface area contributed by atoms with Crippen molar-refractivity contribution in [2.45, 2.75) is 38.6 Å². The smallest absolute Gasteiger partial charge is 0.255 e.